The molecule has 0 radical (unpaired) electrons. The number of nitrogens with one attached hydrogen (secondary N) is 2. The second-order valence-electron chi connectivity index (χ2n) is 9.55. The molecule has 3 N–H and O–H groups in total. The Labute approximate surface area is 184 Å². The molecule has 0 bridgehead atoms. The van der Waals surface area contributed by atoms with Crippen LogP contribution in [0.15, 0.2) is 18.7 Å². The summed E-state index contributed by atoms with van der Waals surface area (Å²) in [6.45, 7) is 7.21. The van der Waals surface area contributed by atoms with Crippen molar-refractivity contribution in [1.82, 2.24) is 20.6 Å². The standard InChI is InChI=1S/C23H36N4O4/c1-14(21(29)26-9-10-31-4)17-5-7-23(3)8-6-18(15(2)19(23)20(17)28)27-22(30)16-11-24-13-25-12-16/h11-15,17-20,28H,5-10H2,1-4H3,(H,26,29)(H,27,30)/t14-,15-,17+,18-,19+,20-,23+/m0/s1. The molecule has 7 atom stereocenters. The molecule has 0 aromatic carbocycles. The number of amides is 2. The fourth-order valence-corrected chi connectivity index (χ4v) is 5.80. The Morgan fingerprint density at radius 1 is 1.29 bits per heavy atom. The van der Waals surface area contributed by atoms with Gasteiger partial charge in [-0.05, 0) is 48.9 Å². The smallest absolute Gasteiger partial charge is 0.254 e. The van der Waals surface area contributed by atoms with Crippen LogP contribution in [-0.2, 0) is 9.53 Å². The van der Waals surface area contributed by atoms with Gasteiger partial charge in [-0.2, -0.15) is 0 Å². The number of hydrogen-bond donors (Lipinski definition) is 3. The topological polar surface area (TPSA) is 113 Å². The van der Waals surface area contributed by atoms with E-state index in [0.29, 0.717) is 18.7 Å². The van der Waals surface area contributed by atoms with Crippen LogP contribution in [0.25, 0.3) is 0 Å². The lowest BCUT2D eigenvalue weighted by Gasteiger charge is -2.56. The summed E-state index contributed by atoms with van der Waals surface area (Å²) in [6, 6.07) is -0.0370. The lowest BCUT2D eigenvalue weighted by molar-refractivity contribution is -0.142. The van der Waals surface area contributed by atoms with Crippen molar-refractivity contribution in [2.45, 2.75) is 58.6 Å². The highest BCUT2D eigenvalue weighted by Crippen LogP contribution is 2.55. The molecule has 172 valence electrons. The van der Waals surface area contributed by atoms with Gasteiger partial charge in [-0.25, -0.2) is 9.97 Å². The van der Waals surface area contributed by atoms with Gasteiger partial charge in [-0.3, -0.25) is 9.59 Å². The van der Waals surface area contributed by atoms with Gasteiger partial charge in [0.2, 0.25) is 5.91 Å². The second kappa shape index (κ2) is 10.0. The summed E-state index contributed by atoms with van der Waals surface area (Å²) in [4.78, 5) is 33.1. The first-order valence-electron chi connectivity index (χ1n) is 11.3. The third-order valence-electron chi connectivity index (χ3n) is 7.69. The van der Waals surface area contributed by atoms with E-state index in [0.717, 1.165) is 25.7 Å². The van der Waals surface area contributed by atoms with E-state index in [4.69, 9.17) is 4.74 Å². The van der Waals surface area contributed by atoms with Crippen LogP contribution in [0.5, 0.6) is 0 Å². The molecule has 2 aliphatic carbocycles. The Hall–Kier alpha value is -2.06. The molecule has 3 rings (SSSR count). The van der Waals surface area contributed by atoms with Crippen molar-refractivity contribution in [3.63, 3.8) is 0 Å². The molecular formula is C23H36N4O4. The van der Waals surface area contributed by atoms with Crippen LogP contribution in [0.3, 0.4) is 0 Å². The molecule has 31 heavy (non-hydrogen) atoms. The molecule has 1 heterocycles. The number of aromatic nitrogens is 2. The summed E-state index contributed by atoms with van der Waals surface area (Å²) in [5, 5.41) is 17.5. The first-order chi connectivity index (χ1) is 14.8. The second-order valence-corrected chi connectivity index (χ2v) is 9.55. The predicted octanol–water partition coefficient (Wildman–Crippen LogP) is 1.80. The van der Waals surface area contributed by atoms with Gasteiger partial charge in [0, 0.05) is 38.0 Å². The van der Waals surface area contributed by atoms with E-state index in [2.05, 4.69) is 34.4 Å². The van der Waals surface area contributed by atoms with Crippen molar-refractivity contribution in [3.05, 3.63) is 24.3 Å². The molecule has 0 saturated heterocycles. The van der Waals surface area contributed by atoms with Gasteiger partial charge in [0.05, 0.1) is 18.3 Å². The fourth-order valence-electron chi connectivity index (χ4n) is 5.80. The van der Waals surface area contributed by atoms with Gasteiger partial charge >= 0.3 is 0 Å². The summed E-state index contributed by atoms with van der Waals surface area (Å²) in [5.74, 6) is -0.489. The zero-order valence-electron chi connectivity index (χ0n) is 19.0. The number of carbonyl (C=O) groups is 2. The Kier molecular flexibility index (Phi) is 7.64. The van der Waals surface area contributed by atoms with E-state index in [-0.39, 0.29) is 46.9 Å². The Morgan fingerprint density at radius 2 is 1.97 bits per heavy atom. The maximum absolute atomic E-state index is 12.7. The van der Waals surface area contributed by atoms with Crippen LogP contribution in [-0.4, -0.2) is 59.3 Å². The Balaban J connectivity index is 1.70. The van der Waals surface area contributed by atoms with Crippen LogP contribution >= 0.6 is 0 Å². The highest BCUT2D eigenvalue weighted by atomic mass is 16.5. The first-order valence-corrected chi connectivity index (χ1v) is 11.3. The van der Waals surface area contributed by atoms with E-state index >= 15 is 0 Å². The van der Waals surface area contributed by atoms with Crippen molar-refractivity contribution < 1.29 is 19.4 Å². The van der Waals surface area contributed by atoms with E-state index in [1.807, 2.05) is 6.92 Å². The molecule has 0 aliphatic heterocycles. The van der Waals surface area contributed by atoms with Gasteiger partial charge in [0.15, 0.2) is 0 Å². The third kappa shape index (κ3) is 5.06. The fraction of sp³-hybridized carbons (Fsp3) is 0.739. The van der Waals surface area contributed by atoms with Crippen LogP contribution in [0.1, 0.15) is 56.8 Å². The predicted molar refractivity (Wildman–Crippen MR) is 116 cm³/mol. The monoisotopic (exact) mass is 432 g/mol. The average Bonchev–Trinajstić information content (AvgIpc) is 2.76. The number of hydrogen-bond acceptors (Lipinski definition) is 6. The molecule has 0 unspecified atom stereocenters. The molecule has 2 amide bonds. The Bertz CT molecular complexity index is 761. The van der Waals surface area contributed by atoms with Gasteiger partial charge in [0.25, 0.3) is 5.91 Å². The maximum Gasteiger partial charge on any atom is 0.254 e. The van der Waals surface area contributed by atoms with Crippen LogP contribution in [0, 0.1) is 29.1 Å². The zero-order chi connectivity index (χ0) is 22.6. The van der Waals surface area contributed by atoms with E-state index in [1.165, 1.54) is 18.7 Å². The quantitative estimate of drug-likeness (QED) is 0.566. The van der Waals surface area contributed by atoms with Crippen molar-refractivity contribution in [3.8, 4) is 0 Å². The largest absolute Gasteiger partial charge is 0.392 e. The van der Waals surface area contributed by atoms with Crippen molar-refractivity contribution >= 4 is 11.8 Å². The molecule has 2 aliphatic rings. The minimum atomic E-state index is -0.586. The van der Waals surface area contributed by atoms with Crippen molar-refractivity contribution in [2.75, 3.05) is 20.3 Å². The summed E-state index contributed by atoms with van der Waals surface area (Å²) in [7, 11) is 1.60. The number of methoxy groups -OCH3 is 1. The lowest BCUT2D eigenvalue weighted by atomic mass is 9.51. The van der Waals surface area contributed by atoms with Crippen LogP contribution in [0.4, 0.5) is 0 Å². The average molecular weight is 433 g/mol. The number of ether oxygens (including phenoxy) is 1. The minimum Gasteiger partial charge on any atom is -0.392 e. The highest BCUT2D eigenvalue weighted by Gasteiger charge is 2.53. The highest BCUT2D eigenvalue weighted by molar-refractivity contribution is 5.93. The summed E-state index contributed by atoms with van der Waals surface area (Å²) < 4.78 is 5.01. The molecule has 8 heteroatoms. The van der Waals surface area contributed by atoms with Gasteiger partial charge < -0.3 is 20.5 Å². The molecule has 2 fully saturated rings. The Morgan fingerprint density at radius 3 is 2.65 bits per heavy atom. The van der Waals surface area contributed by atoms with Gasteiger partial charge in [-0.15, -0.1) is 0 Å². The van der Waals surface area contributed by atoms with Crippen LogP contribution < -0.4 is 10.6 Å². The molecule has 8 nitrogen and oxygen atoms in total. The van der Waals surface area contributed by atoms with E-state index in [9.17, 15) is 14.7 Å². The number of rotatable bonds is 7. The van der Waals surface area contributed by atoms with Crippen molar-refractivity contribution in [2.24, 2.45) is 29.1 Å². The lowest BCUT2D eigenvalue weighted by Crippen LogP contribution is -2.58. The number of carbonyl (C=O) groups excluding carboxylic acids is 2. The summed E-state index contributed by atoms with van der Waals surface area (Å²) in [6.07, 6.45) is 7.46. The summed E-state index contributed by atoms with van der Waals surface area (Å²) >= 11 is 0. The minimum absolute atomic E-state index is 0.0126. The number of fused-ring (bicyclic) bond motifs is 1. The third-order valence-corrected chi connectivity index (χ3v) is 7.69. The normalized spacial score (nSPS) is 33.8. The van der Waals surface area contributed by atoms with Gasteiger partial charge in [0.1, 0.15) is 6.33 Å². The number of aliphatic hydroxyl groups excluding tert-OH is 1. The molecule has 1 aromatic heterocycles. The van der Waals surface area contributed by atoms with Crippen LogP contribution in [0.2, 0.25) is 0 Å². The number of aliphatic hydroxyl groups is 1. The van der Waals surface area contributed by atoms with E-state index < -0.39 is 6.10 Å². The molecule has 0 spiro atoms. The molecular weight excluding hydrogens is 396 g/mol. The maximum atomic E-state index is 12.7. The molecule has 1 aromatic rings. The first kappa shape index (κ1) is 23.6. The van der Waals surface area contributed by atoms with Crippen molar-refractivity contribution in [1.29, 1.82) is 0 Å². The number of nitrogens with zero attached hydrogens (tertiary/aromatic N) is 2. The van der Waals surface area contributed by atoms with Gasteiger partial charge in [-0.1, -0.05) is 20.8 Å². The summed E-state index contributed by atoms with van der Waals surface area (Å²) in [5.41, 5.74) is 0.449. The molecule has 2 saturated carbocycles. The SMILES string of the molecule is COCCNC(=O)[C@@H](C)[C@H]1CC[C@]2(C)CC[C@H](NC(=O)c3cncnc3)[C@H](C)[C@@H]2[C@H]1O. The zero-order valence-corrected chi connectivity index (χ0v) is 19.0. The van der Waals surface area contributed by atoms with E-state index in [1.54, 1.807) is 7.11 Å².